The molecule has 0 unspecified atom stereocenters. The van der Waals surface area contributed by atoms with E-state index >= 15 is 0 Å². The van der Waals surface area contributed by atoms with Gasteiger partial charge in [0, 0.05) is 23.8 Å². The third-order valence-electron chi connectivity index (χ3n) is 4.24. The van der Waals surface area contributed by atoms with Crippen LogP contribution in [-0.4, -0.2) is 15.5 Å². The van der Waals surface area contributed by atoms with Gasteiger partial charge in [-0.15, -0.1) is 0 Å². The Morgan fingerprint density at radius 1 is 1.20 bits per heavy atom. The maximum atomic E-state index is 12.7. The maximum absolute atomic E-state index is 12.7. The molecule has 0 atom stereocenters. The Kier molecular flexibility index (Phi) is 4.65. The normalized spacial score (nSPS) is 11.0. The lowest BCUT2D eigenvalue weighted by Gasteiger charge is -2.11. The fourth-order valence-electron chi connectivity index (χ4n) is 2.81. The summed E-state index contributed by atoms with van der Waals surface area (Å²) < 4.78 is 1.52. The molecule has 0 radical (unpaired) electrons. The third-order valence-corrected chi connectivity index (χ3v) is 4.24. The minimum Gasteiger partial charge on any atom is -0.322 e. The fourth-order valence-corrected chi connectivity index (χ4v) is 2.81. The van der Waals surface area contributed by atoms with E-state index in [1.807, 2.05) is 37.3 Å². The van der Waals surface area contributed by atoms with Crippen LogP contribution >= 0.6 is 0 Å². The van der Waals surface area contributed by atoms with Crippen molar-refractivity contribution in [2.75, 3.05) is 5.32 Å². The minimum absolute atomic E-state index is 0.121. The summed E-state index contributed by atoms with van der Waals surface area (Å²) in [6.45, 7) is 6.55. The minimum atomic E-state index is -0.407. The molecule has 1 aromatic carbocycles. The second kappa shape index (κ2) is 6.89. The van der Waals surface area contributed by atoms with Crippen LogP contribution in [0.5, 0.6) is 0 Å². The van der Waals surface area contributed by atoms with Crippen molar-refractivity contribution >= 4 is 22.6 Å². The van der Waals surface area contributed by atoms with Crippen LogP contribution in [0.15, 0.2) is 53.5 Å². The van der Waals surface area contributed by atoms with Crippen LogP contribution in [0.25, 0.3) is 11.0 Å². The molecule has 1 N–H and O–H groups in total. The van der Waals surface area contributed by atoms with Gasteiger partial charge in [0.2, 0.25) is 0 Å². The number of benzene rings is 1. The standard InChI is InChI=1S/C20H21N3O2/c1-4-23-18-15(6-5-11-21-18)12-17(20(23)25)19(24)22-16-9-7-14(8-10-16)13(2)3/h5-13H,4H2,1-3H3,(H,22,24). The fraction of sp³-hybridized carbons (Fsp3) is 0.250. The van der Waals surface area contributed by atoms with Gasteiger partial charge in [0.25, 0.3) is 11.5 Å². The quantitative estimate of drug-likeness (QED) is 0.789. The molecule has 0 aliphatic carbocycles. The molecule has 1 amide bonds. The number of hydrogen-bond donors (Lipinski definition) is 1. The molecule has 0 spiro atoms. The van der Waals surface area contributed by atoms with Crippen LogP contribution in [0.3, 0.4) is 0 Å². The number of amides is 1. The Balaban J connectivity index is 1.97. The average molecular weight is 335 g/mol. The number of anilines is 1. The second-order valence-electron chi connectivity index (χ2n) is 6.25. The first-order valence-electron chi connectivity index (χ1n) is 8.41. The molecule has 0 bridgehead atoms. The third kappa shape index (κ3) is 3.31. The van der Waals surface area contributed by atoms with Crippen molar-refractivity contribution in [2.45, 2.75) is 33.2 Å². The molecule has 3 rings (SSSR count). The highest BCUT2D eigenvalue weighted by molar-refractivity contribution is 6.05. The van der Waals surface area contributed by atoms with E-state index in [-0.39, 0.29) is 11.1 Å². The molecule has 25 heavy (non-hydrogen) atoms. The lowest BCUT2D eigenvalue weighted by Crippen LogP contribution is -2.29. The molecule has 0 aliphatic rings. The lowest BCUT2D eigenvalue weighted by atomic mass is 10.0. The van der Waals surface area contributed by atoms with Crippen LogP contribution < -0.4 is 10.9 Å². The molecule has 5 nitrogen and oxygen atoms in total. The molecule has 2 aromatic heterocycles. The summed E-state index contributed by atoms with van der Waals surface area (Å²) in [6, 6.07) is 12.9. The van der Waals surface area contributed by atoms with Gasteiger partial charge < -0.3 is 5.32 Å². The van der Waals surface area contributed by atoms with Crippen LogP contribution in [0, 0.1) is 0 Å². The number of pyridine rings is 2. The molecule has 0 fully saturated rings. The first kappa shape index (κ1) is 16.9. The Labute approximate surface area is 146 Å². The van der Waals surface area contributed by atoms with Crippen molar-refractivity contribution in [3.8, 4) is 0 Å². The van der Waals surface area contributed by atoms with Gasteiger partial charge >= 0.3 is 0 Å². The smallest absolute Gasteiger partial charge is 0.265 e. The highest BCUT2D eigenvalue weighted by Gasteiger charge is 2.16. The summed E-state index contributed by atoms with van der Waals surface area (Å²) in [7, 11) is 0. The summed E-state index contributed by atoms with van der Waals surface area (Å²) in [5.74, 6) is 0.0183. The summed E-state index contributed by atoms with van der Waals surface area (Å²) in [4.78, 5) is 29.5. The summed E-state index contributed by atoms with van der Waals surface area (Å²) >= 11 is 0. The monoisotopic (exact) mass is 335 g/mol. The zero-order chi connectivity index (χ0) is 18.0. The number of hydrogen-bond acceptors (Lipinski definition) is 3. The van der Waals surface area contributed by atoms with Crippen LogP contribution in [-0.2, 0) is 6.54 Å². The van der Waals surface area contributed by atoms with E-state index < -0.39 is 5.91 Å². The molecular weight excluding hydrogens is 314 g/mol. The first-order valence-corrected chi connectivity index (χ1v) is 8.41. The number of nitrogens with one attached hydrogen (secondary N) is 1. The van der Waals surface area contributed by atoms with Crippen molar-refractivity contribution in [3.05, 3.63) is 70.1 Å². The van der Waals surface area contributed by atoms with Gasteiger partial charge in [-0.2, -0.15) is 0 Å². The largest absolute Gasteiger partial charge is 0.322 e. The number of carbonyl (C=O) groups is 1. The lowest BCUT2D eigenvalue weighted by molar-refractivity contribution is 0.102. The van der Waals surface area contributed by atoms with Gasteiger partial charge in [-0.3, -0.25) is 14.2 Å². The van der Waals surface area contributed by atoms with E-state index in [2.05, 4.69) is 24.1 Å². The topological polar surface area (TPSA) is 64.0 Å². The van der Waals surface area contributed by atoms with Gasteiger partial charge in [-0.1, -0.05) is 26.0 Å². The molecule has 128 valence electrons. The molecular formula is C20H21N3O2. The van der Waals surface area contributed by atoms with E-state index in [0.29, 0.717) is 23.8 Å². The van der Waals surface area contributed by atoms with Crippen molar-refractivity contribution < 1.29 is 4.79 Å². The molecule has 2 heterocycles. The Morgan fingerprint density at radius 2 is 1.92 bits per heavy atom. The highest BCUT2D eigenvalue weighted by atomic mass is 16.2. The van der Waals surface area contributed by atoms with Crippen molar-refractivity contribution in [1.29, 1.82) is 0 Å². The number of carbonyl (C=O) groups excluding carboxylic acids is 1. The van der Waals surface area contributed by atoms with Gasteiger partial charge in [-0.05, 0) is 48.7 Å². The highest BCUT2D eigenvalue weighted by Crippen LogP contribution is 2.18. The second-order valence-corrected chi connectivity index (χ2v) is 6.25. The molecule has 0 aliphatic heterocycles. The zero-order valence-electron chi connectivity index (χ0n) is 14.6. The van der Waals surface area contributed by atoms with E-state index in [0.717, 1.165) is 5.39 Å². The first-order chi connectivity index (χ1) is 12.0. The Morgan fingerprint density at radius 3 is 2.56 bits per heavy atom. The summed E-state index contributed by atoms with van der Waals surface area (Å²) in [5.41, 5.74) is 2.25. The van der Waals surface area contributed by atoms with Gasteiger partial charge in [0.05, 0.1) is 0 Å². The van der Waals surface area contributed by atoms with Crippen LogP contribution in [0.1, 0.15) is 42.6 Å². The summed E-state index contributed by atoms with van der Waals surface area (Å²) in [5, 5.41) is 3.58. The average Bonchev–Trinajstić information content (AvgIpc) is 2.61. The van der Waals surface area contributed by atoms with E-state index in [1.165, 1.54) is 10.1 Å². The van der Waals surface area contributed by atoms with Crippen molar-refractivity contribution in [3.63, 3.8) is 0 Å². The SMILES string of the molecule is CCn1c(=O)c(C(=O)Nc2ccc(C(C)C)cc2)cc2cccnc21. The zero-order valence-corrected chi connectivity index (χ0v) is 14.6. The van der Waals surface area contributed by atoms with Crippen LogP contribution in [0.4, 0.5) is 5.69 Å². The van der Waals surface area contributed by atoms with Gasteiger partial charge in [-0.25, -0.2) is 4.98 Å². The Hall–Kier alpha value is -2.95. The van der Waals surface area contributed by atoms with E-state index in [9.17, 15) is 9.59 Å². The number of aryl methyl sites for hydroxylation is 1. The predicted octanol–water partition coefficient (Wildman–Crippen LogP) is 3.79. The van der Waals surface area contributed by atoms with E-state index in [1.54, 1.807) is 18.3 Å². The molecule has 3 aromatic rings. The van der Waals surface area contributed by atoms with Crippen LogP contribution in [0.2, 0.25) is 0 Å². The molecule has 0 saturated carbocycles. The van der Waals surface area contributed by atoms with Crippen molar-refractivity contribution in [2.24, 2.45) is 0 Å². The van der Waals surface area contributed by atoms with Crippen molar-refractivity contribution in [1.82, 2.24) is 9.55 Å². The van der Waals surface area contributed by atoms with E-state index in [4.69, 9.17) is 0 Å². The van der Waals surface area contributed by atoms with Gasteiger partial charge in [0.1, 0.15) is 11.2 Å². The molecule has 0 saturated heterocycles. The van der Waals surface area contributed by atoms with Gasteiger partial charge in [0.15, 0.2) is 0 Å². The number of aromatic nitrogens is 2. The number of nitrogens with zero attached hydrogens (tertiary/aromatic N) is 2. The summed E-state index contributed by atoms with van der Waals surface area (Å²) in [6.07, 6.45) is 1.64. The predicted molar refractivity (Wildman–Crippen MR) is 100 cm³/mol. The number of rotatable bonds is 4. The Bertz CT molecular complexity index is 972. The number of fused-ring (bicyclic) bond motifs is 1. The maximum Gasteiger partial charge on any atom is 0.265 e. The molecule has 5 heteroatoms.